The van der Waals surface area contributed by atoms with Crippen LogP contribution in [0.5, 0.6) is 5.75 Å². The number of anilines is 2. The largest absolute Gasteiger partial charge is 0.483 e. The van der Waals surface area contributed by atoms with E-state index in [-0.39, 0.29) is 31.2 Å². The molecule has 2 aromatic carbocycles. The fourth-order valence-corrected chi connectivity index (χ4v) is 4.84. The van der Waals surface area contributed by atoms with E-state index in [9.17, 15) is 27.2 Å². The maximum absolute atomic E-state index is 14.9. The van der Waals surface area contributed by atoms with Gasteiger partial charge in [0.2, 0.25) is 0 Å². The number of ether oxygens (including phenoxy) is 1. The number of benzene rings is 2. The molecule has 0 radical (unpaired) electrons. The van der Waals surface area contributed by atoms with E-state index < -0.39 is 29.5 Å². The summed E-state index contributed by atoms with van der Waals surface area (Å²) in [6.45, 7) is 3.21. The molecule has 1 atom stereocenters. The lowest BCUT2D eigenvalue weighted by Crippen LogP contribution is -2.70. The van der Waals surface area contributed by atoms with E-state index in [1.54, 1.807) is 61.0 Å². The average molecular weight is 505 g/mol. The van der Waals surface area contributed by atoms with Crippen LogP contribution in [0.1, 0.15) is 13.8 Å². The van der Waals surface area contributed by atoms with E-state index in [0.29, 0.717) is 28.5 Å². The molecular weight excluding hydrogens is 482 g/mol. The summed E-state index contributed by atoms with van der Waals surface area (Å²) in [7, 11) is 1.69. The normalized spacial score (nSPS) is 20.4. The number of carbonyl (C=O) groups is 2. The molecule has 0 aliphatic carbocycles. The second-order valence-electron chi connectivity index (χ2n) is 9.37. The standard InChI is InChI=1S/C24H23F4N5O3/c1-13-21(34)30-29-20-10-36-19-8-15(14-6-4-5-7-16(14)25)17(9-18(19)33(13)20)31(3)23(2)11-32(12-23)22(35)24(26,27)28/h4-9,13H,10-12H2,1-3H3,(H,30,34). The molecule has 1 saturated heterocycles. The quantitative estimate of drug-likeness (QED) is 0.649. The first kappa shape index (κ1) is 23.9. The van der Waals surface area contributed by atoms with Crippen molar-refractivity contribution in [2.75, 3.05) is 36.5 Å². The monoisotopic (exact) mass is 505 g/mol. The number of nitrogens with one attached hydrogen (secondary N) is 1. The van der Waals surface area contributed by atoms with Gasteiger partial charge >= 0.3 is 12.1 Å². The van der Waals surface area contributed by atoms with Gasteiger partial charge in [-0.05, 0) is 32.0 Å². The van der Waals surface area contributed by atoms with Crippen molar-refractivity contribution in [1.29, 1.82) is 0 Å². The molecule has 3 aliphatic heterocycles. The van der Waals surface area contributed by atoms with Crippen molar-refractivity contribution in [3.63, 3.8) is 0 Å². The molecule has 0 bridgehead atoms. The first-order valence-corrected chi connectivity index (χ1v) is 11.2. The van der Waals surface area contributed by atoms with Crippen LogP contribution in [-0.4, -0.2) is 67.1 Å². The summed E-state index contributed by atoms with van der Waals surface area (Å²) < 4.78 is 59.6. The summed E-state index contributed by atoms with van der Waals surface area (Å²) in [5, 5.41) is 4.07. The van der Waals surface area contributed by atoms with Crippen LogP contribution in [0.15, 0.2) is 41.5 Å². The van der Waals surface area contributed by atoms with Gasteiger partial charge in [-0.25, -0.2) is 9.82 Å². The maximum atomic E-state index is 14.9. The van der Waals surface area contributed by atoms with Gasteiger partial charge < -0.3 is 19.4 Å². The van der Waals surface area contributed by atoms with Gasteiger partial charge in [0.25, 0.3) is 5.91 Å². The van der Waals surface area contributed by atoms with Gasteiger partial charge in [0, 0.05) is 37.0 Å². The van der Waals surface area contributed by atoms with E-state index in [2.05, 4.69) is 10.5 Å². The molecule has 5 rings (SSSR count). The molecule has 1 unspecified atom stereocenters. The van der Waals surface area contributed by atoms with E-state index in [4.69, 9.17) is 4.74 Å². The van der Waals surface area contributed by atoms with Crippen LogP contribution in [0.25, 0.3) is 11.1 Å². The highest BCUT2D eigenvalue weighted by Crippen LogP contribution is 2.46. The van der Waals surface area contributed by atoms with Crippen LogP contribution in [0, 0.1) is 5.82 Å². The Bertz CT molecular complexity index is 1290. The Labute approximate surface area is 204 Å². The first-order valence-electron chi connectivity index (χ1n) is 11.2. The van der Waals surface area contributed by atoms with Crippen LogP contribution in [0.2, 0.25) is 0 Å². The van der Waals surface area contributed by atoms with Crippen LogP contribution in [-0.2, 0) is 9.59 Å². The van der Waals surface area contributed by atoms with E-state index in [1.165, 1.54) is 6.07 Å². The lowest BCUT2D eigenvalue weighted by molar-refractivity contribution is -0.192. The molecule has 3 aliphatic rings. The number of hydrogen-bond donors (Lipinski definition) is 1. The summed E-state index contributed by atoms with van der Waals surface area (Å²) >= 11 is 0. The number of nitrogens with zero attached hydrogens (tertiary/aromatic N) is 4. The lowest BCUT2D eigenvalue weighted by Gasteiger charge is -2.54. The Kier molecular flexibility index (Phi) is 5.38. The van der Waals surface area contributed by atoms with Gasteiger partial charge in [-0.15, -0.1) is 0 Å². The Morgan fingerprint density at radius 2 is 1.92 bits per heavy atom. The molecule has 2 aromatic rings. The van der Waals surface area contributed by atoms with Crippen LogP contribution < -0.4 is 20.0 Å². The highest BCUT2D eigenvalue weighted by Gasteiger charge is 2.52. The number of halogens is 4. The SMILES string of the molecule is CC1C(=O)NN=C2COc3cc(-c4ccccc4F)c(N(C)C4(C)CN(C(=O)C(F)(F)F)C4)cc3N21. The molecule has 36 heavy (non-hydrogen) atoms. The number of hydrazone groups is 1. The molecule has 1 N–H and O–H groups in total. The van der Waals surface area contributed by atoms with Crippen molar-refractivity contribution in [3.8, 4) is 16.9 Å². The minimum absolute atomic E-state index is 0.0930. The van der Waals surface area contributed by atoms with Gasteiger partial charge in [0.1, 0.15) is 24.2 Å². The summed E-state index contributed by atoms with van der Waals surface area (Å²) in [4.78, 5) is 28.2. The molecule has 0 aromatic heterocycles. The minimum atomic E-state index is -4.96. The average Bonchev–Trinajstić information content (AvgIpc) is 2.82. The smallest absolute Gasteiger partial charge is 0.471 e. The number of fused-ring (bicyclic) bond motifs is 3. The number of amides is 2. The molecule has 2 amide bonds. The molecule has 190 valence electrons. The summed E-state index contributed by atoms with van der Waals surface area (Å²) in [5.41, 5.74) is 3.37. The van der Waals surface area contributed by atoms with Crippen molar-refractivity contribution in [1.82, 2.24) is 10.3 Å². The molecule has 1 fully saturated rings. The Balaban J connectivity index is 1.60. The number of likely N-dealkylation sites (N-methyl/N-ethyl adjacent to an activating group) is 1. The van der Waals surface area contributed by atoms with Crippen molar-refractivity contribution in [2.45, 2.75) is 31.6 Å². The zero-order valence-corrected chi connectivity index (χ0v) is 19.7. The summed E-state index contributed by atoms with van der Waals surface area (Å²) in [5.74, 6) is -1.79. The first-order chi connectivity index (χ1) is 16.9. The number of hydrogen-bond acceptors (Lipinski definition) is 6. The third kappa shape index (κ3) is 3.71. The Hall–Kier alpha value is -3.83. The van der Waals surface area contributed by atoms with Gasteiger partial charge in [0.05, 0.1) is 11.2 Å². The molecule has 8 nitrogen and oxygen atoms in total. The highest BCUT2D eigenvalue weighted by atomic mass is 19.4. The summed E-state index contributed by atoms with van der Waals surface area (Å²) in [6, 6.07) is 8.94. The number of alkyl halides is 3. The number of amidine groups is 1. The number of rotatable bonds is 3. The van der Waals surface area contributed by atoms with Crippen LogP contribution in [0.4, 0.5) is 28.9 Å². The Morgan fingerprint density at radius 3 is 2.58 bits per heavy atom. The zero-order chi connectivity index (χ0) is 26.0. The van der Waals surface area contributed by atoms with E-state index >= 15 is 0 Å². The van der Waals surface area contributed by atoms with E-state index in [1.807, 2.05) is 0 Å². The fourth-order valence-electron chi connectivity index (χ4n) is 4.84. The van der Waals surface area contributed by atoms with Gasteiger partial charge in [-0.3, -0.25) is 9.59 Å². The third-order valence-electron chi connectivity index (χ3n) is 6.96. The van der Waals surface area contributed by atoms with Gasteiger partial charge in [0.15, 0.2) is 5.84 Å². The molecule has 12 heteroatoms. The van der Waals surface area contributed by atoms with Crippen molar-refractivity contribution >= 4 is 29.0 Å². The maximum Gasteiger partial charge on any atom is 0.471 e. The zero-order valence-electron chi connectivity index (χ0n) is 19.7. The van der Waals surface area contributed by atoms with Crippen LogP contribution in [0.3, 0.4) is 0 Å². The molecule has 0 saturated carbocycles. The second kappa shape index (κ2) is 8.10. The van der Waals surface area contributed by atoms with E-state index in [0.717, 1.165) is 4.90 Å². The van der Waals surface area contributed by atoms with Crippen molar-refractivity contribution in [2.24, 2.45) is 5.10 Å². The Morgan fingerprint density at radius 1 is 1.22 bits per heavy atom. The predicted octanol–water partition coefficient (Wildman–Crippen LogP) is 3.12. The topological polar surface area (TPSA) is 77.5 Å². The van der Waals surface area contributed by atoms with Gasteiger partial charge in [-0.2, -0.15) is 18.3 Å². The molecular formula is C24H23F4N5O3. The number of carbonyl (C=O) groups excluding carboxylic acids is 2. The minimum Gasteiger partial charge on any atom is -0.483 e. The predicted molar refractivity (Wildman–Crippen MR) is 124 cm³/mol. The molecule has 0 spiro atoms. The fraction of sp³-hybridized carbons (Fsp3) is 0.375. The van der Waals surface area contributed by atoms with Crippen LogP contribution >= 0.6 is 0 Å². The summed E-state index contributed by atoms with van der Waals surface area (Å²) in [6.07, 6.45) is -4.96. The second-order valence-corrected chi connectivity index (χ2v) is 9.37. The number of likely N-dealkylation sites (tertiary alicyclic amines) is 1. The lowest BCUT2D eigenvalue weighted by atomic mass is 9.88. The van der Waals surface area contributed by atoms with Gasteiger partial charge in [-0.1, -0.05) is 18.2 Å². The third-order valence-corrected chi connectivity index (χ3v) is 6.96. The molecule has 3 heterocycles. The van der Waals surface area contributed by atoms with Crippen molar-refractivity contribution < 1.29 is 31.9 Å². The van der Waals surface area contributed by atoms with Crippen molar-refractivity contribution in [3.05, 3.63) is 42.2 Å². The highest BCUT2D eigenvalue weighted by molar-refractivity contribution is 6.10.